The largest absolute Gasteiger partial charge is 0.493 e. The van der Waals surface area contributed by atoms with Gasteiger partial charge in [-0.25, -0.2) is 9.52 Å². The maximum atomic E-state index is 12.1. The van der Waals surface area contributed by atoms with E-state index in [9.17, 15) is 18.0 Å². The number of benzene rings is 2. The molecule has 0 saturated carbocycles. The average Bonchev–Trinajstić information content (AvgIpc) is 2.72. The second-order valence-corrected chi connectivity index (χ2v) is 7.31. The van der Waals surface area contributed by atoms with Crippen LogP contribution < -0.4 is 18.9 Å². The van der Waals surface area contributed by atoms with E-state index >= 15 is 0 Å². The van der Waals surface area contributed by atoms with Gasteiger partial charge in [-0.05, 0) is 48.9 Å². The summed E-state index contributed by atoms with van der Waals surface area (Å²) in [5.74, 6) is -0.730. The first-order valence-corrected chi connectivity index (χ1v) is 10.2. The summed E-state index contributed by atoms with van der Waals surface area (Å²) in [4.78, 5) is 23.4. The van der Waals surface area contributed by atoms with Crippen molar-refractivity contribution in [3.8, 4) is 11.5 Å². The number of esters is 1. The van der Waals surface area contributed by atoms with Gasteiger partial charge in [0.1, 0.15) is 0 Å². The molecule has 0 aliphatic heterocycles. The first-order valence-electron chi connectivity index (χ1n) is 8.73. The molecule has 2 rings (SSSR count). The summed E-state index contributed by atoms with van der Waals surface area (Å²) in [5.41, 5.74) is 1.30. The van der Waals surface area contributed by atoms with Crippen LogP contribution in [0.1, 0.15) is 22.8 Å². The SMILES string of the molecule is CC=Cc1ccc(OCC(=O)NS(=O)(=O)Nc2ccc(C(=O)OC)cc2)c(OC)c1. The lowest BCUT2D eigenvalue weighted by molar-refractivity contribution is -0.121. The molecule has 0 unspecified atom stereocenters. The standard InChI is InChI=1S/C20H22N2O7S/c1-4-5-14-6-11-17(18(12-14)27-2)29-13-19(23)22-30(25,26)21-16-9-7-15(8-10-16)20(24)28-3/h4-12,21H,13H2,1-3H3,(H,22,23). The van der Waals surface area contributed by atoms with Crippen molar-refractivity contribution in [3.05, 3.63) is 59.7 Å². The van der Waals surface area contributed by atoms with E-state index in [4.69, 9.17) is 9.47 Å². The second-order valence-electron chi connectivity index (χ2n) is 5.90. The van der Waals surface area contributed by atoms with Gasteiger partial charge in [0.05, 0.1) is 25.5 Å². The van der Waals surface area contributed by atoms with Crippen LogP contribution >= 0.6 is 0 Å². The highest BCUT2D eigenvalue weighted by molar-refractivity contribution is 7.91. The molecule has 0 fully saturated rings. The normalized spacial score (nSPS) is 11.0. The molecule has 1 amide bonds. The van der Waals surface area contributed by atoms with Gasteiger partial charge in [-0.15, -0.1) is 0 Å². The minimum Gasteiger partial charge on any atom is -0.493 e. The lowest BCUT2D eigenvalue weighted by Crippen LogP contribution is -2.38. The lowest BCUT2D eigenvalue weighted by atomic mass is 10.2. The van der Waals surface area contributed by atoms with Gasteiger partial charge in [-0.1, -0.05) is 18.2 Å². The lowest BCUT2D eigenvalue weighted by Gasteiger charge is -2.12. The van der Waals surface area contributed by atoms with Crippen LogP contribution in [-0.2, 0) is 19.7 Å². The number of rotatable bonds is 9. The Labute approximate surface area is 174 Å². The summed E-state index contributed by atoms with van der Waals surface area (Å²) in [6, 6.07) is 10.6. The Kier molecular flexibility index (Phi) is 7.82. The number of allylic oxidation sites excluding steroid dienone is 1. The van der Waals surface area contributed by atoms with Gasteiger partial charge < -0.3 is 14.2 Å². The first kappa shape index (κ1) is 22.8. The van der Waals surface area contributed by atoms with Crippen LogP contribution in [0.4, 0.5) is 5.69 Å². The average molecular weight is 434 g/mol. The molecule has 0 aliphatic rings. The Hall–Kier alpha value is -3.53. The van der Waals surface area contributed by atoms with Gasteiger partial charge in [-0.2, -0.15) is 8.42 Å². The number of hydrogen-bond acceptors (Lipinski definition) is 7. The predicted octanol–water partition coefficient (Wildman–Crippen LogP) is 2.37. The smallest absolute Gasteiger partial charge is 0.337 e. The number of ether oxygens (including phenoxy) is 3. The molecular weight excluding hydrogens is 412 g/mol. The molecule has 0 spiro atoms. The van der Waals surface area contributed by atoms with Gasteiger partial charge in [0.2, 0.25) is 0 Å². The van der Waals surface area contributed by atoms with E-state index in [0.29, 0.717) is 11.5 Å². The third-order valence-corrected chi connectivity index (χ3v) is 4.71. The molecule has 0 radical (unpaired) electrons. The fraction of sp³-hybridized carbons (Fsp3) is 0.200. The fourth-order valence-corrected chi connectivity index (χ4v) is 3.25. The van der Waals surface area contributed by atoms with E-state index in [0.717, 1.165) is 5.56 Å². The van der Waals surface area contributed by atoms with Crippen molar-refractivity contribution in [1.82, 2.24) is 4.72 Å². The Morgan fingerprint density at radius 1 is 1.03 bits per heavy atom. The summed E-state index contributed by atoms with van der Waals surface area (Å²) >= 11 is 0. The maximum Gasteiger partial charge on any atom is 0.337 e. The minimum atomic E-state index is -4.19. The first-order chi connectivity index (χ1) is 14.3. The molecule has 2 aromatic rings. The van der Waals surface area contributed by atoms with Crippen LogP contribution in [0.15, 0.2) is 48.5 Å². The third kappa shape index (κ3) is 6.52. The quantitative estimate of drug-likeness (QED) is 0.581. The molecule has 0 atom stereocenters. The highest BCUT2D eigenvalue weighted by Crippen LogP contribution is 2.28. The summed E-state index contributed by atoms with van der Waals surface area (Å²) in [6.07, 6.45) is 3.73. The summed E-state index contributed by atoms with van der Waals surface area (Å²) in [6.45, 7) is 1.34. The van der Waals surface area contributed by atoms with Crippen molar-refractivity contribution < 1.29 is 32.2 Å². The van der Waals surface area contributed by atoms with Crippen molar-refractivity contribution in [2.45, 2.75) is 6.92 Å². The van der Waals surface area contributed by atoms with Crippen LogP contribution in [-0.4, -0.2) is 41.1 Å². The van der Waals surface area contributed by atoms with E-state index < -0.39 is 28.7 Å². The van der Waals surface area contributed by atoms with Gasteiger partial charge >= 0.3 is 16.2 Å². The number of carbonyl (C=O) groups excluding carboxylic acids is 2. The van der Waals surface area contributed by atoms with Gasteiger partial charge in [0.15, 0.2) is 18.1 Å². The van der Waals surface area contributed by atoms with E-state index in [1.54, 1.807) is 18.2 Å². The Balaban J connectivity index is 1.96. The van der Waals surface area contributed by atoms with Crippen molar-refractivity contribution in [2.75, 3.05) is 25.5 Å². The van der Waals surface area contributed by atoms with E-state index in [1.165, 1.54) is 38.5 Å². The molecule has 0 aromatic heterocycles. The van der Waals surface area contributed by atoms with Crippen molar-refractivity contribution >= 4 is 33.8 Å². The molecular formula is C20H22N2O7S. The zero-order valence-electron chi connectivity index (χ0n) is 16.7. The molecule has 10 heteroatoms. The molecule has 30 heavy (non-hydrogen) atoms. The topological polar surface area (TPSA) is 120 Å². The predicted molar refractivity (Wildman–Crippen MR) is 112 cm³/mol. The molecule has 0 aliphatic carbocycles. The van der Waals surface area contributed by atoms with Crippen molar-refractivity contribution in [1.29, 1.82) is 0 Å². The number of nitrogens with one attached hydrogen (secondary N) is 2. The Morgan fingerprint density at radius 3 is 2.33 bits per heavy atom. The number of carbonyl (C=O) groups is 2. The molecule has 0 heterocycles. The molecule has 160 valence electrons. The van der Waals surface area contributed by atoms with E-state index in [2.05, 4.69) is 9.46 Å². The molecule has 9 nitrogen and oxygen atoms in total. The molecule has 0 saturated heterocycles. The van der Waals surface area contributed by atoms with Crippen molar-refractivity contribution in [3.63, 3.8) is 0 Å². The highest BCUT2D eigenvalue weighted by atomic mass is 32.2. The third-order valence-electron chi connectivity index (χ3n) is 3.71. The monoisotopic (exact) mass is 434 g/mol. The van der Waals surface area contributed by atoms with Crippen LogP contribution in [0.3, 0.4) is 0 Å². The van der Waals surface area contributed by atoms with Crippen LogP contribution in [0, 0.1) is 0 Å². The summed E-state index contributed by atoms with van der Waals surface area (Å²) < 4.78 is 43.4. The number of amides is 1. The van der Waals surface area contributed by atoms with Crippen LogP contribution in [0.2, 0.25) is 0 Å². The zero-order valence-corrected chi connectivity index (χ0v) is 17.5. The van der Waals surface area contributed by atoms with Crippen LogP contribution in [0.5, 0.6) is 11.5 Å². The summed E-state index contributed by atoms with van der Waals surface area (Å²) in [5, 5.41) is 0. The summed E-state index contributed by atoms with van der Waals surface area (Å²) in [7, 11) is -1.49. The minimum absolute atomic E-state index is 0.158. The molecule has 2 N–H and O–H groups in total. The second kappa shape index (κ2) is 10.3. The van der Waals surface area contributed by atoms with Crippen molar-refractivity contribution in [2.24, 2.45) is 0 Å². The van der Waals surface area contributed by atoms with Crippen LogP contribution in [0.25, 0.3) is 6.08 Å². The van der Waals surface area contributed by atoms with Gasteiger partial charge in [-0.3, -0.25) is 9.52 Å². The molecule has 0 bridgehead atoms. The highest BCUT2D eigenvalue weighted by Gasteiger charge is 2.16. The number of anilines is 1. The zero-order chi connectivity index (χ0) is 22.1. The van der Waals surface area contributed by atoms with E-state index in [1.807, 2.05) is 23.8 Å². The number of hydrogen-bond donors (Lipinski definition) is 2. The fourth-order valence-electron chi connectivity index (χ4n) is 2.40. The Bertz CT molecular complexity index is 1030. The maximum absolute atomic E-state index is 12.1. The number of methoxy groups -OCH3 is 2. The van der Waals surface area contributed by atoms with E-state index in [-0.39, 0.29) is 11.3 Å². The van der Waals surface area contributed by atoms with Gasteiger partial charge in [0, 0.05) is 0 Å². The van der Waals surface area contributed by atoms with Gasteiger partial charge in [0.25, 0.3) is 5.91 Å². The molecule has 2 aromatic carbocycles. The Morgan fingerprint density at radius 2 is 1.73 bits per heavy atom.